The molecule has 0 aromatic carbocycles. The average molecular weight is 141 g/mol. The summed E-state index contributed by atoms with van der Waals surface area (Å²) in [6.45, 7) is 3.11. The number of hydrogen-bond donors (Lipinski definition) is 1. The zero-order valence-corrected chi connectivity index (χ0v) is 5.95. The highest BCUT2D eigenvalue weighted by atomic mass is 16.5. The molecule has 0 aliphatic carbocycles. The topological polar surface area (TPSA) is 53.1 Å². The third-order valence-corrected chi connectivity index (χ3v) is 1.08. The van der Waals surface area contributed by atoms with Crippen LogP contribution >= 0.6 is 0 Å². The fourth-order valence-electron chi connectivity index (χ4n) is 0.635. The Hall–Kier alpha value is -1.03. The third-order valence-electron chi connectivity index (χ3n) is 1.08. The average Bonchev–Trinajstić information content (AvgIpc) is 2.31. The number of anilines is 1. The van der Waals surface area contributed by atoms with Crippen LogP contribution in [0, 0.1) is 0 Å². The number of hydrogen-bond acceptors (Lipinski definition) is 3. The van der Waals surface area contributed by atoms with Crippen molar-refractivity contribution in [2.75, 3.05) is 12.3 Å². The summed E-state index contributed by atoms with van der Waals surface area (Å²) in [5.41, 5.74) is 6.08. The van der Waals surface area contributed by atoms with Gasteiger partial charge in [0, 0.05) is 6.61 Å². The highest BCUT2D eigenvalue weighted by Crippen LogP contribution is 1.96. The summed E-state index contributed by atoms with van der Waals surface area (Å²) in [6.07, 6.45) is 3.33. The Balaban J connectivity index is 2.42. The number of rotatable bonds is 3. The Morgan fingerprint density at radius 1 is 1.80 bits per heavy atom. The quantitative estimate of drug-likeness (QED) is 0.665. The Kier molecular flexibility index (Phi) is 2.28. The van der Waals surface area contributed by atoms with Gasteiger partial charge in [-0.2, -0.15) is 5.10 Å². The van der Waals surface area contributed by atoms with E-state index in [1.807, 2.05) is 6.92 Å². The van der Waals surface area contributed by atoms with Gasteiger partial charge in [-0.25, -0.2) is 4.68 Å². The van der Waals surface area contributed by atoms with Crippen molar-refractivity contribution in [2.24, 2.45) is 0 Å². The molecule has 0 atom stereocenters. The molecule has 1 aromatic rings. The van der Waals surface area contributed by atoms with E-state index in [0.717, 1.165) is 0 Å². The van der Waals surface area contributed by atoms with Crippen LogP contribution in [0.25, 0.3) is 0 Å². The lowest BCUT2D eigenvalue weighted by molar-refractivity contribution is 0.0792. The Morgan fingerprint density at radius 2 is 2.60 bits per heavy atom. The molecule has 10 heavy (non-hydrogen) atoms. The summed E-state index contributed by atoms with van der Waals surface area (Å²) in [5, 5.41) is 3.92. The maximum absolute atomic E-state index is 5.41. The van der Waals surface area contributed by atoms with Crippen LogP contribution < -0.4 is 5.73 Å². The first-order valence-corrected chi connectivity index (χ1v) is 3.18. The normalized spacial score (nSPS) is 10.1. The maximum Gasteiger partial charge on any atom is 0.139 e. The smallest absolute Gasteiger partial charge is 0.139 e. The number of nitrogens with two attached hydrogens (primary N) is 1. The van der Waals surface area contributed by atoms with E-state index in [-0.39, 0.29) is 0 Å². The molecule has 0 spiro atoms. The predicted molar refractivity (Wildman–Crippen MR) is 38.3 cm³/mol. The molecule has 0 fully saturated rings. The monoisotopic (exact) mass is 141 g/mol. The van der Waals surface area contributed by atoms with Gasteiger partial charge < -0.3 is 10.5 Å². The van der Waals surface area contributed by atoms with Gasteiger partial charge >= 0.3 is 0 Å². The summed E-state index contributed by atoms with van der Waals surface area (Å²) in [7, 11) is 0. The molecule has 56 valence electrons. The van der Waals surface area contributed by atoms with Crippen LogP contribution in [-0.2, 0) is 11.5 Å². The molecule has 0 radical (unpaired) electrons. The first-order valence-electron chi connectivity index (χ1n) is 3.18. The van der Waals surface area contributed by atoms with Crippen LogP contribution in [0.5, 0.6) is 0 Å². The number of ether oxygens (including phenoxy) is 1. The fourth-order valence-corrected chi connectivity index (χ4v) is 0.635. The first-order chi connectivity index (χ1) is 4.83. The van der Waals surface area contributed by atoms with Crippen LogP contribution in [0.15, 0.2) is 12.4 Å². The lowest BCUT2D eigenvalue weighted by atomic mass is 10.6. The lowest BCUT2D eigenvalue weighted by Gasteiger charge is -1.98. The zero-order valence-electron chi connectivity index (χ0n) is 5.95. The summed E-state index contributed by atoms with van der Waals surface area (Å²) < 4.78 is 6.73. The maximum atomic E-state index is 5.41. The second-order valence-corrected chi connectivity index (χ2v) is 1.94. The minimum Gasteiger partial charge on any atom is -0.396 e. The molecule has 0 amide bonds. The Labute approximate surface area is 59.6 Å². The molecule has 4 heteroatoms. The van der Waals surface area contributed by atoms with E-state index in [0.29, 0.717) is 19.0 Å². The molecule has 4 nitrogen and oxygen atoms in total. The standard InChI is InChI=1S/C6H11N3O/c1-2-10-5-9-4-6(7)3-8-9/h3-4H,2,5,7H2,1H3. The van der Waals surface area contributed by atoms with Crippen molar-refractivity contribution < 1.29 is 4.74 Å². The van der Waals surface area contributed by atoms with E-state index in [1.165, 1.54) is 0 Å². The van der Waals surface area contributed by atoms with E-state index in [2.05, 4.69) is 5.10 Å². The van der Waals surface area contributed by atoms with Crippen molar-refractivity contribution in [3.8, 4) is 0 Å². The van der Waals surface area contributed by atoms with Crippen LogP contribution in [-0.4, -0.2) is 16.4 Å². The van der Waals surface area contributed by atoms with E-state index in [1.54, 1.807) is 17.1 Å². The second-order valence-electron chi connectivity index (χ2n) is 1.94. The Morgan fingerprint density at radius 3 is 3.10 bits per heavy atom. The summed E-state index contributed by atoms with van der Waals surface area (Å²) in [5.74, 6) is 0. The van der Waals surface area contributed by atoms with Gasteiger partial charge in [-0.05, 0) is 6.92 Å². The fraction of sp³-hybridized carbons (Fsp3) is 0.500. The highest BCUT2D eigenvalue weighted by molar-refractivity contribution is 5.30. The molecule has 0 saturated heterocycles. The van der Waals surface area contributed by atoms with Gasteiger partial charge in [0.25, 0.3) is 0 Å². The summed E-state index contributed by atoms with van der Waals surface area (Å²) in [6, 6.07) is 0. The molecule has 1 heterocycles. The van der Waals surface area contributed by atoms with Crippen molar-refractivity contribution in [1.29, 1.82) is 0 Å². The molecule has 0 saturated carbocycles. The van der Waals surface area contributed by atoms with Crippen LogP contribution in [0.3, 0.4) is 0 Å². The van der Waals surface area contributed by atoms with Crippen molar-refractivity contribution in [3.63, 3.8) is 0 Å². The van der Waals surface area contributed by atoms with Gasteiger partial charge in [0.05, 0.1) is 18.1 Å². The molecular formula is C6H11N3O. The van der Waals surface area contributed by atoms with Gasteiger partial charge in [-0.15, -0.1) is 0 Å². The summed E-state index contributed by atoms with van der Waals surface area (Å²) in [4.78, 5) is 0. The van der Waals surface area contributed by atoms with Crippen LogP contribution in [0.4, 0.5) is 5.69 Å². The molecule has 0 aliphatic heterocycles. The minimum atomic E-state index is 0.480. The van der Waals surface area contributed by atoms with Crippen molar-refractivity contribution in [3.05, 3.63) is 12.4 Å². The molecule has 1 rings (SSSR count). The van der Waals surface area contributed by atoms with E-state index >= 15 is 0 Å². The molecule has 0 bridgehead atoms. The van der Waals surface area contributed by atoms with Crippen LogP contribution in [0.2, 0.25) is 0 Å². The van der Waals surface area contributed by atoms with E-state index < -0.39 is 0 Å². The van der Waals surface area contributed by atoms with Crippen molar-refractivity contribution in [2.45, 2.75) is 13.7 Å². The van der Waals surface area contributed by atoms with E-state index in [4.69, 9.17) is 10.5 Å². The summed E-state index contributed by atoms with van der Waals surface area (Å²) >= 11 is 0. The zero-order chi connectivity index (χ0) is 7.40. The van der Waals surface area contributed by atoms with Gasteiger partial charge in [0.2, 0.25) is 0 Å². The highest BCUT2D eigenvalue weighted by Gasteiger charge is 1.91. The minimum absolute atomic E-state index is 0.480. The van der Waals surface area contributed by atoms with Gasteiger partial charge in [-0.1, -0.05) is 0 Å². The largest absolute Gasteiger partial charge is 0.396 e. The van der Waals surface area contributed by atoms with Crippen molar-refractivity contribution in [1.82, 2.24) is 9.78 Å². The predicted octanol–water partition coefficient (Wildman–Crippen LogP) is 0.459. The number of aromatic nitrogens is 2. The SMILES string of the molecule is CCOCn1cc(N)cn1. The van der Waals surface area contributed by atoms with E-state index in [9.17, 15) is 0 Å². The molecular weight excluding hydrogens is 130 g/mol. The first kappa shape index (κ1) is 7.08. The van der Waals surface area contributed by atoms with Gasteiger partial charge in [0.15, 0.2) is 0 Å². The van der Waals surface area contributed by atoms with Crippen LogP contribution in [0.1, 0.15) is 6.92 Å². The Bertz CT molecular complexity index is 197. The van der Waals surface area contributed by atoms with Gasteiger partial charge in [-0.3, -0.25) is 0 Å². The number of nitrogen functional groups attached to an aromatic ring is 1. The molecule has 1 aromatic heterocycles. The lowest BCUT2D eigenvalue weighted by Crippen LogP contribution is -2.01. The van der Waals surface area contributed by atoms with Gasteiger partial charge in [0.1, 0.15) is 6.73 Å². The molecule has 2 N–H and O–H groups in total. The number of nitrogens with zero attached hydrogens (tertiary/aromatic N) is 2. The van der Waals surface area contributed by atoms with Crippen molar-refractivity contribution >= 4 is 5.69 Å². The third kappa shape index (κ3) is 1.73. The second kappa shape index (κ2) is 3.22. The molecule has 0 unspecified atom stereocenters. The molecule has 0 aliphatic rings.